The highest BCUT2D eigenvalue weighted by Crippen LogP contribution is 2.18. The summed E-state index contributed by atoms with van der Waals surface area (Å²) in [5.74, 6) is 0. The fourth-order valence-electron chi connectivity index (χ4n) is 1.66. The van der Waals surface area contributed by atoms with Crippen LogP contribution in [0.1, 0.15) is 12.8 Å². The van der Waals surface area contributed by atoms with Crippen LogP contribution in [0.5, 0.6) is 0 Å². The van der Waals surface area contributed by atoms with Gasteiger partial charge in [0.2, 0.25) is 0 Å². The number of hydrogen-bond donors (Lipinski definition) is 2. The summed E-state index contributed by atoms with van der Waals surface area (Å²) in [6.07, 6.45) is 3.97. The van der Waals surface area contributed by atoms with Gasteiger partial charge in [0.15, 0.2) is 0 Å². The second kappa shape index (κ2) is 5.45. The van der Waals surface area contributed by atoms with E-state index in [0.29, 0.717) is 0 Å². The first-order valence-corrected chi connectivity index (χ1v) is 5.75. The van der Waals surface area contributed by atoms with Crippen molar-refractivity contribution in [1.29, 1.82) is 0 Å². The van der Waals surface area contributed by atoms with Gasteiger partial charge in [-0.3, -0.25) is 4.68 Å². The molecule has 0 radical (unpaired) electrons. The molecule has 5 nitrogen and oxygen atoms in total. The molecule has 0 bridgehead atoms. The summed E-state index contributed by atoms with van der Waals surface area (Å²) >= 11 is 0. The number of nitrogens with two attached hydrogens (primary N) is 2. The Balaban J connectivity index is 2.07. The summed E-state index contributed by atoms with van der Waals surface area (Å²) in [6.45, 7) is 1.57. The Morgan fingerprint density at radius 1 is 1.24 bits per heavy atom. The van der Waals surface area contributed by atoms with Crippen LogP contribution in [0.4, 0.5) is 5.69 Å². The van der Waals surface area contributed by atoms with Gasteiger partial charge in [0, 0.05) is 17.8 Å². The van der Waals surface area contributed by atoms with Crippen molar-refractivity contribution in [1.82, 2.24) is 15.0 Å². The minimum Gasteiger partial charge on any atom is -0.399 e. The first-order chi connectivity index (χ1) is 8.29. The van der Waals surface area contributed by atoms with E-state index in [9.17, 15) is 0 Å². The molecule has 0 amide bonds. The fraction of sp³-hybridized carbons (Fsp3) is 0.333. The van der Waals surface area contributed by atoms with Crippen LogP contribution in [-0.4, -0.2) is 21.5 Å². The molecule has 1 aromatic carbocycles. The van der Waals surface area contributed by atoms with Gasteiger partial charge >= 0.3 is 0 Å². The fourth-order valence-corrected chi connectivity index (χ4v) is 1.66. The van der Waals surface area contributed by atoms with Crippen LogP contribution in [0.2, 0.25) is 0 Å². The maximum absolute atomic E-state index is 5.73. The zero-order chi connectivity index (χ0) is 12.1. The van der Waals surface area contributed by atoms with Gasteiger partial charge in [0.1, 0.15) is 5.69 Å². The number of anilines is 1. The lowest BCUT2D eigenvalue weighted by Crippen LogP contribution is -2.03. The third-order valence-corrected chi connectivity index (χ3v) is 2.56. The number of rotatable bonds is 5. The van der Waals surface area contributed by atoms with E-state index in [1.54, 1.807) is 0 Å². The second-order valence-electron chi connectivity index (χ2n) is 3.99. The van der Waals surface area contributed by atoms with E-state index in [0.717, 1.165) is 42.9 Å². The quantitative estimate of drug-likeness (QED) is 0.599. The Hall–Kier alpha value is -1.88. The highest BCUT2D eigenvalue weighted by atomic mass is 15.4. The molecule has 0 unspecified atom stereocenters. The van der Waals surface area contributed by atoms with Gasteiger partial charge in [-0.25, -0.2) is 0 Å². The molecule has 17 heavy (non-hydrogen) atoms. The van der Waals surface area contributed by atoms with Gasteiger partial charge in [-0.05, 0) is 31.5 Å². The molecular weight excluding hydrogens is 214 g/mol. The van der Waals surface area contributed by atoms with Gasteiger partial charge in [-0.1, -0.05) is 17.3 Å². The van der Waals surface area contributed by atoms with E-state index in [-0.39, 0.29) is 0 Å². The summed E-state index contributed by atoms with van der Waals surface area (Å²) < 4.78 is 1.84. The Morgan fingerprint density at radius 3 is 2.88 bits per heavy atom. The van der Waals surface area contributed by atoms with Crippen LogP contribution in [-0.2, 0) is 6.54 Å². The Morgan fingerprint density at radius 2 is 2.12 bits per heavy atom. The molecule has 0 aliphatic carbocycles. The lowest BCUT2D eigenvalue weighted by Gasteiger charge is -1.98. The van der Waals surface area contributed by atoms with Crippen molar-refractivity contribution < 1.29 is 0 Å². The summed E-state index contributed by atoms with van der Waals surface area (Å²) in [4.78, 5) is 0. The van der Waals surface area contributed by atoms with Crippen LogP contribution in [0, 0.1) is 0 Å². The monoisotopic (exact) mass is 231 g/mol. The number of hydrogen-bond acceptors (Lipinski definition) is 4. The zero-order valence-corrected chi connectivity index (χ0v) is 9.71. The number of benzene rings is 1. The van der Waals surface area contributed by atoms with E-state index in [2.05, 4.69) is 10.3 Å². The maximum atomic E-state index is 5.73. The molecule has 1 aromatic heterocycles. The molecule has 0 aliphatic rings. The average Bonchev–Trinajstić information content (AvgIpc) is 2.78. The molecule has 0 aliphatic heterocycles. The number of nitrogens with zero attached hydrogens (tertiary/aromatic N) is 3. The minimum absolute atomic E-state index is 0.719. The second-order valence-corrected chi connectivity index (χ2v) is 3.99. The van der Waals surface area contributed by atoms with Crippen molar-refractivity contribution in [3.63, 3.8) is 0 Å². The van der Waals surface area contributed by atoms with Gasteiger partial charge in [0.25, 0.3) is 0 Å². The largest absolute Gasteiger partial charge is 0.399 e. The van der Waals surface area contributed by atoms with E-state index in [4.69, 9.17) is 11.5 Å². The van der Waals surface area contributed by atoms with Crippen molar-refractivity contribution in [2.24, 2.45) is 5.73 Å². The summed E-state index contributed by atoms with van der Waals surface area (Å²) in [6, 6.07) is 7.64. The van der Waals surface area contributed by atoms with Crippen LogP contribution in [0.3, 0.4) is 0 Å². The smallest absolute Gasteiger partial charge is 0.113 e. The molecule has 2 rings (SSSR count). The lowest BCUT2D eigenvalue weighted by atomic mass is 10.1. The number of aromatic nitrogens is 3. The van der Waals surface area contributed by atoms with Crippen LogP contribution in [0.25, 0.3) is 11.3 Å². The normalized spacial score (nSPS) is 10.6. The Kier molecular flexibility index (Phi) is 3.72. The number of unbranched alkanes of at least 4 members (excludes halogenated alkanes) is 1. The molecule has 4 N–H and O–H groups in total. The molecule has 0 saturated heterocycles. The standard InChI is InChI=1S/C12H17N5/c13-6-1-2-7-17-9-12(15-16-17)10-4-3-5-11(14)8-10/h3-5,8-9H,1-2,6-7,13-14H2. The highest BCUT2D eigenvalue weighted by Gasteiger charge is 2.03. The molecule has 2 aromatic rings. The molecule has 0 spiro atoms. The van der Waals surface area contributed by atoms with Crippen LogP contribution < -0.4 is 11.5 Å². The lowest BCUT2D eigenvalue weighted by molar-refractivity contribution is 0.544. The van der Waals surface area contributed by atoms with Crippen molar-refractivity contribution >= 4 is 5.69 Å². The summed E-state index contributed by atoms with van der Waals surface area (Å²) in [5, 5.41) is 8.21. The van der Waals surface area contributed by atoms with E-state index < -0.39 is 0 Å². The van der Waals surface area contributed by atoms with E-state index >= 15 is 0 Å². The summed E-state index contributed by atoms with van der Waals surface area (Å²) in [5.41, 5.74) is 13.8. The molecule has 1 heterocycles. The molecule has 90 valence electrons. The van der Waals surface area contributed by atoms with Crippen LogP contribution >= 0.6 is 0 Å². The molecule has 0 fully saturated rings. The maximum Gasteiger partial charge on any atom is 0.113 e. The third-order valence-electron chi connectivity index (χ3n) is 2.56. The van der Waals surface area contributed by atoms with Crippen LogP contribution in [0.15, 0.2) is 30.5 Å². The van der Waals surface area contributed by atoms with Gasteiger partial charge < -0.3 is 11.5 Å². The first-order valence-electron chi connectivity index (χ1n) is 5.75. The predicted octanol–water partition coefficient (Wildman–Crippen LogP) is 1.27. The molecule has 5 heteroatoms. The van der Waals surface area contributed by atoms with Crippen molar-refractivity contribution in [3.8, 4) is 11.3 Å². The van der Waals surface area contributed by atoms with E-state index in [1.807, 2.05) is 35.1 Å². The molecule has 0 saturated carbocycles. The minimum atomic E-state index is 0.719. The SMILES string of the molecule is NCCCCn1cc(-c2cccc(N)c2)nn1. The third kappa shape index (κ3) is 3.04. The van der Waals surface area contributed by atoms with Crippen molar-refractivity contribution in [3.05, 3.63) is 30.5 Å². The van der Waals surface area contributed by atoms with Gasteiger partial charge in [-0.2, -0.15) is 0 Å². The highest BCUT2D eigenvalue weighted by molar-refractivity contribution is 5.62. The number of aryl methyl sites for hydroxylation is 1. The van der Waals surface area contributed by atoms with Crippen molar-refractivity contribution in [2.75, 3.05) is 12.3 Å². The zero-order valence-electron chi connectivity index (χ0n) is 9.71. The summed E-state index contributed by atoms with van der Waals surface area (Å²) in [7, 11) is 0. The Bertz CT molecular complexity index is 477. The molecule has 0 atom stereocenters. The van der Waals surface area contributed by atoms with Gasteiger partial charge in [0.05, 0.1) is 6.20 Å². The Labute approximate surface area is 100 Å². The predicted molar refractivity (Wildman–Crippen MR) is 68.2 cm³/mol. The van der Waals surface area contributed by atoms with Gasteiger partial charge in [-0.15, -0.1) is 5.10 Å². The average molecular weight is 231 g/mol. The molecular formula is C12H17N5. The van der Waals surface area contributed by atoms with Crippen molar-refractivity contribution in [2.45, 2.75) is 19.4 Å². The topological polar surface area (TPSA) is 82.8 Å². The van der Waals surface area contributed by atoms with E-state index in [1.165, 1.54) is 0 Å². The number of nitrogen functional groups attached to an aromatic ring is 1. The first kappa shape index (κ1) is 11.6.